The summed E-state index contributed by atoms with van der Waals surface area (Å²) in [6.07, 6.45) is 0. The van der Waals surface area contributed by atoms with Crippen LogP contribution >= 0.6 is 63.7 Å². The average molecular weight is 557 g/mol. The maximum absolute atomic E-state index is 12.4. The monoisotopic (exact) mass is 553 g/mol. The fourth-order valence-corrected chi connectivity index (χ4v) is 5.63. The van der Waals surface area contributed by atoms with Gasteiger partial charge in [0.1, 0.15) is 0 Å². The molecule has 0 aliphatic heterocycles. The number of Topliss-reactive ketones (excluding diaryl/α,β-unsaturated/α-hetero) is 1. The molecule has 0 heterocycles. The molecule has 1 aliphatic carbocycles. The predicted molar refractivity (Wildman–Crippen MR) is 103 cm³/mol. The first-order valence-corrected chi connectivity index (χ1v) is 9.84. The van der Waals surface area contributed by atoms with Crippen LogP contribution in [0.3, 0.4) is 0 Å². The second-order valence-corrected chi connectivity index (χ2v) is 9.77. The van der Waals surface area contributed by atoms with Gasteiger partial charge in [0.05, 0.1) is 5.71 Å². The second-order valence-electron chi connectivity index (χ2n) is 4.77. The van der Waals surface area contributed by atoms with Gasteiger partial charge in [-0.3, -0.25) is 9.59 Å². The number of halogens is 4. The minimum atomic E-state index is -0.972. The summed E-state index contributed by atoms with van der Waals surface area (Å²) in [6, 6.07) is 8.84. The average Bonchev–Trinajstić information content (AvgIpc) is 2.51. The van der Waals surface area contributed by atoms with Gasteiger partial charge in [-0.2, -0.15) is 0 Å². The van der Waals surface area contributed by atoms with Gasteiger partial charge in [-0.15, -0.1) is 0 Å². The smallest absolute Gasteiger partial charge is 0.277 e. The number of carbonyl (C=O) groups is 2. The van der Waals surface area contributed by atoms with Crippen LogP contribution in [0.2, 0.25) is 0 Å². The Bertz CT molecular complexity index is 680. The number of alkyl halides is 3. The molecule has 2 rings (SSSR count). The fraction of sp³-hybridized carbons (Fsp3) is 0.267. The highest BCUT2D eigenvalue weighted by Gasteiger charge is 2.48. The summed E-state index contributed by atoms with van der Waals surface area (Å²) in [5.41, 5.74) is 1.56. The van der Waals surface area contributed by atoms with Gasteiger partial charge in [-0.25, -0.2) is 4.99 Å². The Kier molecular flexibility index (Phi) is 5.96. The number of carbonyl (C=O) groups excluding carboxylic acids is 2. The van der Waals surface area contributed by atoms with Crippen molar-refractivity contribution >= 4 is 81.1 Å². The lowest BCUT2D eigenvalue weighted by atomic mass is 9.88. The zero-order chi connectivity index (χ0) is 16.5. The Hall–Kier alpha value is -0.110. The highest BCUT2D eigenvalue weighted by molar-refractivity contribution is 9.26. The van der Waals surface area contributed by atoms with Gasteiger partial charge in [0.2, 0.25) is 0 Å². The number of hydrogen-bond acceptors (Lipinski definition) is 2. The molecule has 1 amide bonds. The molecule has 3 nitrogen and oxygen atoms in total. The van der Waals surface area contributed by atoms with Crippen LogP contribution in [0.1, 0.15) is 17.3 Å². The topological polar surface area (TPSA) is 46.5 Å². The summed E-state index contributed by atoms with van der Waals surface area (Å²) in [5.74, 6) is -0.753. The van der Waals surface area contributed by atoms with E-state index < -0.39 is 3.23 Å². The minimum Gasteiger partial charge on any atom is -0.292 e. The van der Waals surface area contributed by atoms with E-state index in [0.717, 1.165) is 0 Å². The first-order chi connectivity index (χ1) is 10.3. The third-order valence-corrected chi connectivity index (χ3v) is 6.84. The van der Waals surface area contributed by atoms with Crippen LogP contribution in [0.25, 0.3) is 0 Å². The highest BCUT2D eigenvalue weighted by Crippen LogP contribution is 2.46. The summed E-state index contributed by atoms with van der Waals surface area (Å²) >= 11 is 13.7. The number of nitrogens with zero attached hydrogens (tertiary/aromatic N) is 1. The lowest BCUT2D eigenvalue weighted by molar-refractivity contribution is -0.116. The van der Waals surface area contributed by atoms with Crippen LogP contribution in [-0.4, -0.2) is 26.0 Å². The first kappa shape index (κ1) is 18.2. The lowest BCUT2D eigenvalue weighted by Crippen LogP contribution is -2.45. The largest absolute Gasteiger partial charge is 0.292 e. The molecule has 0 spiro atoms. The normalized spacial score (nSPS) is 23.0. The summed E-state index contributed by atoms with van der Waals surface area (Å²) in [5, 5.41) is 0.471. The van der Waals surface area contributed by atoms with E-state index in [4.69, 9.17) is 0 Å². The second kappa shape index (κ2) is 7.20. The van der Waals surface area contributed by atoms with Crippen molar-refractivity contribution in [1.82, 2.24) is 0 Å². The van der Waals surface area contributed by atoms with Crippen molar-refractivity contribution in [2.75, 3.05) is 5.33 Å². The number of amides is 1. The molecule has 0 radical (unpaired) electrons. The molecule has 0 fully saturated rings. The quantitative estimate of drug-likeness (QED) is 0.481. The molecule has 1 aliphatic rings. The number of hydrogen-bond donors (Lipinski definition) is 0. The van der Waals surface area contributed by atoms with Crippen LogP contribution in [0, 0.1) is 5.92 Å². The summed E-state index contributed by atoms with van der Waals surface area (Å²) < 4.78 is -0.401. The molecule has 7 heteroatoms. The molecular formula is C15H11Br4NO2. The van der Waals surface area contributed by atoms with Crippen molar-refractivity contribution in [3.05, 3.63) is 46.0 Å². The third kappa shape index (κ3) is 3.37. The number of ketones is 1. The third-order valence-electron chi connectivity index (χ3n) is 3.36. The molecule has 116 valence electrons. The molecule has 22 heavy (non-hydrogen) atoms. The molecule has 1 atom stereocenters. The van der Waals surface area contributed by atoms with E-state index in [0.29, 0.717) is 26.7 Å². The zero-order valence-corrected chi connectivity index (χ0v) is 17.8. The summed E-state index contributed by atoms with van der Waals surface area (Å²) in [4.78, 5) is 29.0. The van der Waals surface area contributed by atoms with E-state index in [1.807, 2.05) is 6.07 Å². The van der Waals surface area contributed by atoms with Gasteiger partial charge in [-0.05, 0) is 35.0 Å². The van der Waals surface area contributed by atoms with E-state index in [9.17, 15) is 9.59 Å². The van der Waals surface area contributed by atoms with E-state index in [1.165, 1.54) is 0 Å². The predicted octanol–water partition coefficient (Wildman–Crippen LogP) is 5.02. The van der Waals surface area contributed by atoms with Crippen LogP contribution in [0.5, 0.6) is 0 Å². The Labute approximate surface area is 162 Å². The van der Waals surface area contributed by atoms with Gasteiger partial charge < -0.3 is 0 Å². The Morgan fingerprint density at radius 1 is 1.27 bits per heavy atom. The van der Waals surface area contributed by atoms with E-state index in [-0.39, 0.29) is 17.6 Å². The highest BCUT2D eigenvalue weighted by atomic mass is 79.9. The Morgan fingerprint density at radius 2 is 1.86 bits per heavy atom. The molecule has 0 N–H and O–H groups in total. The van der Waals surface area contributed by atoms with Crippen molar-refractivity contribution in [1.29, 1.82) is 0 Å². The minimum absolute atomic E-state index is 0.0880. The maximum atomic E-state index is 12.4. The molecular weight excluding hydrogens is 546 g/mol. The molecule has 1 aromatic rings. The number of rotatable bonds is 2. The molecule has 1 aromatic carbocycles. The summed E-state index contributed by atoms with van der Waals surface area (Å²) in [6.45, 7) is 1.71. The molecule has 0 saturated carbocycles. The molecule has 0 saturated heterocycles. The number of allylic oxidation sites excluding steroid dienone is 2. The molecule has 0 aromatic heterocycles. The van der Waals surface area contributed by atoms with Crippen LogP contribution in [-0.2, 0) is 4.79 Å². The SMILES string of the molecule is CC1=C(Br)C(=NC(=O)c2ccccc2)C(CBr)C(Br)(Br)C1=O. The first-order valence-electron chi connectivity index (χ1n) is 6.34. The van der Waals surface area contributed by atoms with Gasteiger partial charge in [0, 0.05) is 26.9 Å². The van der Waals surface area contributed by atoms with E-state index in [1.54, 1.807) is 31.2 Å². The van der Waals surface area contributed by atoms with Crippen molar-refractivity contribution in [2.45, 2.75) is 10.2 Å². The lowest BCUT2D eigenvalue weighted by Gasteiger charge is -2.34. The van der Waals surface area contributed by atoms with Gasteiger partial charge >= 0.3 is 0 Å². The van der Waals surface area contributed by atoms with Crippen LogP contribution in [0.15, 0.2) is 45.4 Å². The van der Waals surface area contributed by atoms with Crippen molar-refractivity contribution in [3.8, 4) is 0 Å². The van der Waals surface area contributed by atoms with Crippen molar-refractivity contribution < 1.29 is 9.59 Å². The number of benzene rings is 1. The van der Waals surface area contributed by atoms with Crippen LogP contribution in [0.4, 0.5) is 0 Å². The van der Waals surface area contributed by atoms with Crippen molar-refractivity contribution in [2.24, 2.45) is 10.9 Å². The number of aliphatic imine (C=N–C) groups is 1. The van der Waals surface area contributed by atoms with Gasteiger partial charge in [0.25, 0.3) is 5.91 Å². The van der Waals surface area contributed by atoms with Crippen LogP contribution < -0.4 is 0 Å². The zero-order valence-electron chi connectivity index (χ0n) is 11.4. The van der Waals surface area contributed by atoms with E-state index >= 15 is 0 Å². The molecule has 0 bridgehead atoms. The maximum Gasteiger partial charge on any atom is 0.277 e. The van der Waals surface area contributed by atoms with Gasteiger partial charge in [-0.1, -0.05) is 66.0 Å². The molecule has 1 unspecified atom stereocenters. The van der Waals surface area contributed by atoms with Crippen molar-refractivity contribution in [3.63, 3.8) is 0 Å². The summed E-state index contributed by atoms with van der Waals surface area (Å²) in [7, 11) is 0. The fourth-order valence-electron chi connectivity index (χ4n) is 2.08. The van der Waals surface area contributed by atoms with E-state index in [2.05, 4.69) is 68.7 Å². The Balaban J connectivity index is 2.54. The van der Waals surface area contributed by atoms with Gasteiger partial charge in [0.15, 0.2) is 9.02 Å². The Morgan fingerprint density at radius 3 is 2.41 bits per heavy atom. The standard InChI is InChI=1S/C15H11Br4NO2/c1-8-11(17)12(10(7-16)15(18,19)13(8)21)20-14(22)9-5-3-2-4-6-9/h2-6,10H,7H2,1H3.